The Labute approximate surface area is 110 Å². The van der Waals surface area contributed by atoms with Gasteiger partial charge in [-0.15, -0.1) is 0 Å². The van der Waals surface area contributed by atoms with E-state index >= 15 is 0 Å². The average molecular weight is 268 g/mol. The second-order valence-electron chi connectivity index (χ2n) is 4.37. The van der Waals surface area contributed by atoms with Gasteiger partial charge < -0.3 is 29.6 Å². The molecular weight excluding hydrogens is 252 g/mol. The minimum Gasteiger partial charge on any atom is -0.387 e. The number of carbonyl (C=O) groups excluding carboxylic acids is 1. The van der Waals surface area contributed by atoms with Gasteiger partial charge >= 0.3 is 0 Å². The van der Waals surface area contributed by atoms with Crippen LogP contribution in [0.15, 0.2) is 30.3 Å². The van der Waals surface area contributed by atoms with Crippen molar-refractivity contribution in [1.82, 2.24) is 0 Å². The number of aliphatic hydroxyl groups excluding tert-OH is 3. The highest BCUT2D eigenvalue weighted by Gasteiger charge is 2.44. The molecule has 5 atom stereocenters. The van der Waals surface area contributed by atoms with Crippen molar-refractivity contribution < 1.29 is 29.6 Å². The van der Waals surface area contributed by atoms with Crippen molar-refractivity contribution in [3.63, 3.8) is 0 Å². The summed E-state index contributed by atoms with van der Waals surface area (Å²) in [5, 5.41) is 28.8. The first-order chi connectivity index (χ1) is 9.13. The van der Waals surface area contributed by atoms with E-state index in [4.69, 9.17) is 9.47 Å². The highest BCUT2D eigenvalue weighted by Crippen LogP contribution is 2.22. The van der Waals surface area contributed by atoms with Gasteiger partial charge in [0.2, 0.25) is 0 Å². The molecule has 1 heterocycles. The number of rotatable bonds is 4. The van der Waals surface area contributed by atoms with E-state index < -0.39 is 30.7 Å². The van der Waals surface area contributed by atoms with Crippen LogP contribution in [0.25, 0.3) is 0 Å². The van der Waals surface area contributed by atoms with E-state index in [2.05, 4.69) is 0 Å². The van der Waals surface area contributed by atoms with Crippen LogP contribution in [0.2, 0.25) is 0 Å². The van der Waals surface area contributed by atoms with E-state index in [-0.39, 0.29) is 6.61 Å². The molecule has 1 aliphatic rings. The van der Waals surface area contributed by atoms with Crippen LogP contribution in [-0.2, 0) is 20.9 Å². The molecule has 3 N–H and O–H groups in total. The van der Waals surface area contributed by atoms with Crippen molar-refractivity contribution in [3.05, 3.63) is 35.9 Å². The first kappa shape index (κ1) is 14.1. The minimum atomic E-state index is -1.48. The van der Waals surface area contributed by atoms with Crippen LogP contribution in [0.4, 0.5) is 0 Å². The molecule has 1 saturated heterocycles. The van der Waals surface area contributed by atoms with Crippen LogP contribution < -0.4 is 0 Å². The zero-order chi connectivity index (χ0) is 13.8. The molecule has 1 aromatic carbocycles. The zero-order valence-corrected chi connectivity index (χ0v) is 10.1. The Morgan fingerprint density at radius 3 is 2.42 bits per heavy atom. The van der Waals surface area contributed by atoms with Gasteiger partial charge in [-0.1, -0.05) is 30.3 Å². The van der Waals surface area contributed by atoms with Gasteiger partial charge in [0.25, 0.3) is 0 Å². The normalized spacial score (nSPS) is 35.0. The summed E-state index contributed by atoms with van der Waals surface area (Å²) in [6, 6.07) is 9.20. The van der Waals surface area contributed by atoms with Gasteiger partial charge in [0.1, 0.15) is 24.4 Å². The number of aliphatic hydroxyl groups is 3. The molecule has 19 heavy (non-hydrogen) atoms. The number of aldehydes is 1. The van der Waals surface area contributed by atoms with Gasteiger partial charge in [-0.3, -0.25) is 0 Å². The summed E-state index contributed by atoms with van der Waals surface area (Å²) < 4.78 is 10.4. The zero-order valence-electron chi connectivity index (χ0n) is 10.1. The molecule has 1 aliphatic heterocycles. The molecule has 6 nitrogen and oxygen atoms in total. The van der Waals surface area contributed by atoms with Crippen LogP contribution in [0.3, 0.4) is 0 Å². The smallest absolute Gasteiger partial charge is 0.187 e. The van der Waals surface area contributed by atoms with Crippen LogP contribution in [0, 0.1) is 0 Å². The van der Waals surface area contributed by atoms with Crippen molar-refractivity contribution in [1.29, 1.82) is 0 Å². The van der Waals surface area contributed by atoms with Gasteiger partial charge in [-0.25, -0.2) is 0 Å². The van der Waals surface area contributed by atoms with E-state index in [0.717, 1.165) is 5.56 Å². The molecule has 0 unspecified atom stereocenters. The largest absolute Gasteiger partial charge is 0.387 e. The van der Waals surface area contributed by atoms with E-state index in [1.807, 2.05) is 30.3 Å². The fourth-order valence-corrected chi connectivity index (χ4v) is 1.88. The molecule has 0 aliphatic carbocycles. The van der Waals surface area contributed by atoms with E-state index in [9.17, 15) is 20.1 Å². The molecule has 1 aromatic rings. The summed E-state index contributed by atoms with van der Waals surface area (Å²) >= 11 is 0. The van der Waals surface area contributed by atoms with E-state index in [1.54, 1.807) is 0 Å². The van der Waals surface area contributed by atoms with Gasteiger partial charge in [0.05, 0.1) is 6.61 Å². The summed E-state index contributed by atoms with van der Waals surface area (Å²) in [7, 11) is 0. The highest BCUT2D eigenvalue weighted by molar-refractivity contribution is 5.57. The molecular formula is C13H16O6. The number of hydrogen-bond acceptors (Lipinski definition) is 6. The predicted octanol–water partition coefficient (Wildman–Crippen LogP) is -0.790. The third-order valence-electron chi connectivity index (χ3n) is 3.00. The van der Waals surface area contributed by atoms with Crippen molar-refractivity contribution in [2.45, 2.75) is 37.3 Å². The highest BCUT2D eigenvalue weighted by atomic mass is 16.7. The molecule has 0 saturated carbocycles. The van der Waals surface area contributed by atoms with Crippen molar-refractivity contribution in [2.75, 3.05) is 0 Å². The lowest BCUT2D eigenvalue weighted by Crippen LogP contribution is -2.58. The Hall–Kier alpha value is -1.31. The Morgan fingerprint density at radius 2 is 1.79 bits per heavy atom. The average Bonchev–Trinajstić information content (AvgIpc) is 2.45. The molecule has 104 valence electrons. The van der Waals surface area contributed by atoms with E-state index in [0.29, 0.717) is 6.29 Å². The fourth-order valence-electron chi connectivity index (χ4n) is 1.88. The summed E-state index contributed by atoms with van der Waals surface area (Å²) in [4.78, 5) is 10.7. The molecule has 1 fully saturated rings. The summed E-state index contributed by atoms with van der Waals surface area (Å²) in [5.41, 5.74) is 0.863. The molecule has 0 bridgehead atoms. The first-order valence-electron chi connectivity index (χ1n) is 5.94. The topological polar surface area (TPSA) is 96.2 Å². The van der Waals surface area contributed by atoms with Crippen LogP contribution >= 0.6 is 0 Å². The molecule has 0 amide bonds. The maximum atomic E-state index is 10.7. The maximum Gasteiger partial charge on any atom is 0.187 e. The summed E-state index contributed by atoms with van der Waals surface area (Å²) in [6.45, 7) is 0.164. The SMILES string of the molecule is O=C[C@@H]1O[C@@H](OCc2ccccc2)[C@@H](O)[C@H](O)[C@H]1O. The van der Waals surface area contributed by atoms with Gasteiger partial charge in [-0.05, 0) is 5.56 Å². The molecule has 0 spiro atoms. The Bertz CT molecular complexity index is 409. The second-order valence-corrected chi connectivity index (χ2v) is 4.37. The van der Waals surface area contributed by atoms with Gasteiger partial charge in [0.15, 0.2) is 12.6 Å². The monoisotopic (exact) mass is 268 g/mol. The summed E-state index contributed by atoms with van der Waals surface area (Å²) in [6.07, 6.45) is -6.34. The third kappa shape index (κ3) is 3.17. The third-order valence-corrected chi connectivity index (χ3v) is 3.00. The van der Waals surface area contributed by atoms with Gasteiger partial charge in [0, 0.05) is 0 Å². The Balaban J connectivity index is 1.97. The quantitative estimate of drug-likeness (QED) is 0.619. The van der Waals surface area contributed by atoms with Crippen molar-refractivity contribution in [2.24, 2.45) is 0 Å². The van der Waals surface area contributed by atoms with Crippen molar-refractivity contribution in [3.8, 4) is 0 Å². The lowest BCUT2D eigenvalue weighted by molar-refractivity contribution is -0.291. The lowest BCUT2D eigenvalue weighted by Gasteiger charge is -2.38. The second kappa shape index (κ2) is 6.23. The number of benzene rings is 1. The van der Waals surface area contributed by atoms with Crippen molar-refractivity contribution >= 4 is 6.29 Å². The van der Waals surface area contributed by atoms with Crippen LogP contribution in [0.5, 0.6) is 0 Å². The molecule has 0 aromatic heterocycles. The predicted molar refractivity (Wildman–Crippen MR) is 64.0 cm³/mol. The maximum absolute atomic E-state index is 10.7. The Morgan fingerprint density at radius 1 is 1.11 bits per heavy atom. The lowest BCUT2D eigenvalue weighted by atomic mass is 10.00. The van der Waals surface area contributed by atoms with E-state index in [1.165, 1.54) is 0 Å². The number of ether oxygens (including phenoxy) is 2. The van der Waals surface area contributed by atoms with Gasteiger partial charge in [-0.2, -0.15) is 0 Å². The standard InChI is InChI=1S/C13H16O6/c14-6-9-10(15)11(16)12(17)13(19-9)18-7-8-4-2-1-3-5-8/h1-6,9-13,15-17H,7H2/t9-,10-,11+,12-,13+/m0/s1. The first-order valence-corrected chi connectivity index (χ1v) is 5.94. The van der Waals surface area contributed by atoms with Crippen LogP contribution in [0.1, 0.15) is 5.56 Å². The molecule has 6 heteroatoms. The van der Waals surface area contributed by atoms with Crippen LogP contribution in [-0.4, -0.2) is 52.3 Å². The molecule has 0 radical (unpaired) electrons. The Kier molecular flexibility index (Phi) is 4.62. The number of hydrogen-bond donors (Lipinski definition) is 3. The molecule has 2 rings (SSSR count). The number of carbonyl (C=O) groups is 1. The fraction of sp³-hybridized carbons (Fsp3) is 0.462. The minimum absolute atomic E-state index is 0.164. The summed E-state index contributed by atoms with van der Waals surface area (Å²) in [5.74, 6) is 0.